The Bertz CT molecular complexity index is 517. The van der Waals surface area contributed by atoms with Gasteiger partial charge in [-0.05, 0) is 12.5 Å². The zero-order chi connectivity index (χ0) is 13.1. The highest BCUT2D eigenvalue weighted by Gasteiger charge is 2.21. The van der Waals surface area contributed by atoms with Crippen LogP contribution in [0.25, 0.3) is 0 Å². The monoisotopic (exact) mass is 260 g/mol. The minimum absolute atomic E-state index is 0.291. The van der Waals surface area contributed by atoms with Gasteiger partial charge in [-0.3, -0.25) is 10.4 Å². The highest BCUT2D eigenvalue weighted by Crippen LogP contribution is 2.09. The summed E-state index contributed by atoms with van der Waals surface area (Å²) in [5.41, 5.74) is 5.23. The lowest BCUT2D eigenvalue weighted by atomic mass is 10.2. The number of sulfonamides is 1. The predicted molar refractivity (Wildman–Crippen MR) is 60.5 cm³/mol. The second-order valence-electron chi connectivity index (χ2n) is 3.38. The van der Waals surface area contributed by atoms with Crippen molar-refractivity contribution >= 4 is 15.9 Å². The molecule has 1 aromatic heterocycles. The molecule has 4 N–H and O–H groups in total. The minimum atomic E-state index is -3.91. The summed E-state index contributed by atoms with van der Waals surface area (Å²) in [4.78, 5) is 3.16. The molecular formula is C9H13FN4O2S. The van der Waals surface area contributed by atoms with E-state index in [-0.39, 0.29) is 10.7 Å². The number of hydrogen-bond donors (Lipinski definition) is 3. The third-order valence-corrected chi connectivity index (χ3v) is 3.51. The third kappa shape index (κ3) is 3.46. The third-order valence-electron chi connectivity index (χ3n) is 2.07. The van der Waals surface area contributed by atoms with Crippen molar-refractivity contribution in [1.29, 1.82) is 5.41 Å². The van der Waals surface area contributed by atoms with E-state index in [0.717, 1.165) is 18.5 Å². The summed E-state index contributed by atoms with van der Waals surface area (Å²) in [7, 11) is -3.91. The number of rotatable bonds is 5. The Labute approximate surface area is 98.6 Å². The number of nitrogens with zero attached hydrogens (tertiary/aromatic N) is 1. The molecule has 1 atom stereocenters. The van der Waals surface area contributed by atoms with Crippen molar-refractivity contribution in [2.45, 2.75) is 24.3 Å². The molecule has 0 aliphatic heterocycles. The summed E-state index contributed by atoms with van der Waals surface area (Å²) in [5, 5.41) is 7.20. The van der Waals surface area contributed by atoms with Crippen molar-refractivity contribution in [3.05, 3.63) is 24.3 Å². The summed E-state index contributed by atoms with van der Waals surface area (Å²) in [6.45, 7) is 1.68. The topological polar surface area (TPSA) is 109 Å². The van der Waals surface area contributed by atoms with Crippen LogP contribution < -0.4 is 10.5 Å². The minimum Gasteiger partial charge on any atom is -0.386 e. The summed E-state index contributed by atoms with van der Waals surface area (Å²) >= 11 is 0. The van der Waals surface area contributed by atoms with Crippen LogP contribution in [0.4, 0.5) is 4.39 Å². The molecule has 0 spiro atoms. The molecule has 0 aromatic carbocycles. The second kappa shape index (κ2) is 5.19. The lowest BCUT2D eigenvalue weighted by molar-refractivity contribution is 0.566. The quantitative estimate of drug-likeness (QED) is 0.519. The van der Waals surface area contributed by atoms with E-state index in [0.29, 0.717) is 6.42 Å². The van der Waals surface area contributed by atoms with Gasteiger partial charge in [-0.25, -0.2) is 17.5 Å². The first-order valence-corrected chi connectivity index (χ1v) is 6.32. The molecule has 8 heteroatoms. The SMILES string of the molecule is CCC(NS(=O)(=O)c1cncc(F)c1)C(=N)N. The van der Waals surface area contributed by atoms with Gasteiger partial charge in [-0.1, -0.05) is 6.92 Å². The Balaban J connectivity index is 3.00. The second-order valence-corrected chi connectivity index (χ2v) is 5.09. The number of nitrogens with one attached hydrogen (secondary N) is 2. The molecule has 1 unspecified atom stereocenters. The van der Waals surface area contributed by atoms with Crippen molar-refractivity contribution in [2.24, 2.45) is 5.73 Å². The van der Waals surface area contributed by atoms with Crippen LogP contribution >= 0.6 is 0 Å². The fourth-order valence-corrected chi connectivity index (χ4v) is 2.43. The number of halogens is 1. The molecule has 1 aromatic rings. The Morgan fingerprint density at radius 3 is 2.76 bits per heavy atom. The van der Waals surface area contributed by atoms with E-state index in [1.54, 1.807) is 6.92 Å². The highest BCUT2D eigenvalue weighted by atomic mass is 32.2. The van der Waals surface area contributed by atoms with E-state index in [1.807, 2.05) is 0 Å². The largest absolute Gasteiger partial charge is 0.386 e. The Morgan fingerprint density at radius 1 is 1.65 bits per heavy atom. The number of hydrogen-bond acceptors (Lipinski definition) is 4. The first kappa shape index (κ1) is 13.5. The molecular weight excluding hydrogens is 247 g/mol. The van der Waals surface area contributed by atoms with E-state index in [1.165, 1.54) is 0 Å². The Kier molecular flexibility index (Phi) is 4.13. The van der Waals surface area contributed by atoms with Crippen LogP contribution in [0.2, 0.25) is 0 Å². The number of amidine groups is 1. The maximum Gasteiger partial charge on any atom is 0.242 e. The van der Waals surface area contributed by atoms with Gasteiger partial charge in [0.15, 0.2) is 0 Å². The average molecular weight is 260 g/mol. The summed E-state index contributed by atoms with van der Waals surface area (Å²) in [6.07, 6.45) is 2.26. The van der Waals surface area contributed by atoms with Gasteiger partial charge in [-0.15, -0.1) is 0 Å². The fourth-order valence-electron chi connectivity index (χ4n) is 1.16. The van der Waals surface area contributed by atoms with Gasteiger partial charge in [0.05, 0.1) is 12.2 Å². The van der Waals surface area contributed by atoms with Crippen LogP contribution in [0, 0.1) is 11.2 Å². The highest BCUT2D eigenvalue weighted by molar-refractivity contribution is 7.89. The van der Waals surface area contributed by atoms with Crippen LogP contribution in [0.15, 0.2) is 23.4 Å². The van der Waals surface area contributed by atoms with Crippen LogP contribution in [0.1, 0.15) is 13.3 Å². The molecule has 0 aliphatic carbocycles. The van der Waals surface area contributed by atoms with Gasteiger partial charge in [0.25, 0.3) is 0 Å². The molecule has 0 saturated carbocycles. The first-order chi connectivity index (χ1) is 7.86. The molecule has 94 valence electrons. The molecule has 0 amide bonds. The van der Waals surface area contributed by atoms with Gasteiger partial charge in [0, 0.05) is 6.20 Å². The predicted octanol–water partition coefficient (Wildman–Crippen LogP) is 0.214. The maximum atomic E-state index is 12.9. The van der Waals surface area contributed by atoms with Gasteiger partial charge in [0.1, 0.15) is 16.5 Å². The molecule has 0 aliphatic rings. The number of aromatic nitrogens is 1. The standard InChI is InChI=1S/C9H13FN4O2S/c1-2-8(9(11)12)14-17(15,16)7-3-6(10)4-13-5-7/h3-5,8,14H,2H2,1H3,(H3,11,12). The fraction of sp³-hybridized carbons (Fsp3) is 0.333. The van der Waals surface area contributed by atoms with Gasteiger partial charge in [0.2, 0.25) is 10.0 Å². The van der Waals surface area contributed by atoms with Crippen molar-refractivity contribution in [2.75, 3.05) is 0 Å². The first-order valence-electron chi connectivity index (χ1n) is 4.83. The van der Waals surface area contributed by atoms with E-state index in [4.69, 9.17) is 11.1 Å². The van der Waals surface area contributed by atoms with Crippen molar-refractivity contribution < 1.29 is 12.8 Å². The van der Waals surface area contributed by atoms with Crippen LogP contribution in [-0.2, 0) is 10.0 Å². The van der Waals surface area contributed by atoms with Crippen LogP contribution in [0.3, 0.4) is 0 Å². The molecule has 0 fully saturated rings. The summed E-state index contributed by atoms with van der Waals surface area (Å²) < 4.78 is 38.6. The van der Waals surface area contributed by atoms with Crippen molar-refractivity contribution in [3.63, 3.8) is 0 Å². The average Bonchev–Trinajstić information content (AvgIpc) is 2.25. The van der Waals surface area contributed by atoms with E-state index in [2.05, 4.69) is 9.71 Å². The molecule has 0 saturated heterocycles. The maximum absolute atomic E-state index is 12.9. The zero-order valence-electron chi connectivity index (χ0n) is 9.14. The van der Waals surface area contributed by atoms with E-state index in [9.17, 15) is 12.8 Å². The van der Waals surface area contributed by atoms with Crippen molar-refractivity contribution in [3.8, 4) is 0 Å². The summed E-state index contributed by atoms with van der Waals surface area (Å²) in [5.74, 6) is -1.04. The van der Waals surface area contributed by atoms with Gasteiger partial charge in [-0.2, -0.15) is 0 Å². The summed E-state index contributed by atoms with van der Waals surface area (Å²) in [6, 6.07) is 0.0469. The normalized spacial score (nSPS) is 13.3. The van der Waals surface area contributed by atoms with E-state index < -0.39 is 21.9 Å². The van der Waals surface area contributed by atoms with E-state index >= 15 is 0 Å². The van der Waals surface area contributed by atoms with Gasteiger partial charge >= 0.3 is 0 Å². The molecule has 6 nitrogen and oxygen atoms in total. The lowest BCUT2D eigenvalue weighted by Crippen LogP contribution is -2.43. The number of nitrogens with two attached hydrogens (primary N) is 1. The Morgan fingerprint density at radius 2 is 2.29 bits per heavy atom. The molecule has 1 heterocycles. The molecule has 1 rings (SSSR count). The van der Waals surface area contributed by atoms with Crippen molar-refractivity contribution in [1.82, 2.24) is 9.71 Å². The number of pyridine rings is 1. The van der Waals surface area contributed by atoms with Crippen LogP contribution in [0.5, 0.6) is 0 Å². The molecule has 17 heavy (non-hydrogen) atoms. The lowest BCUT2D eigenvalue weighted by Gasteiger charge is -2.15. The van der Waals surface area contributed by atoms with Crippen LogP contribution in [-0.4, -0.2) is 25.3 Å². The zero-order valence-corrected chi connectivity index (χ0v) is 9.96. The van der Waals surface area contributed by atoms with Gasteiger partial charge < -0.3 is 5.73 Å². The smallest absolute Gasteiger partial charge is 0.242 e. The molecule has 0 radical (unpaired) electrons. The molecule has 0 bridgehead atoms. The Hall–Kier alpha value is -1.54.